The molecular formula is C11H9ClF3NO2. The zero-order valence-corrected chi connectivity index (χ0v) is 9.81. The Hall–Kier alpha value is -1.43. The summed E-state index contributed by atoms with van der Waals surface area (Å²) in [6.07, 6.45) is -4.71. The van der Waals surface area contributed by atoms with Crippen LogP contribution in [0.4, 0.5) is 18.0 Å². The molecule has 98 valence electrons. The number of amides is 1. The number of alkyl carbamates (subject to hydrolysis) is 1. The number of benzene rings is 1. The van der Waals surface area contributed by atoms with Crippen molar-refractivity contribution in [2.45, 2.75) is 18.6 Å². The fourth-order valence-corrected chi connectivity index (χ4v) is 2.00. The van der Waals surface area contributed by atoms with Gasteiger partial charge in [-0.2, -0.15) is 13.2 Å². The quantitative estimate of drug-likeness (QED) is 0.854. The summed E-state index contributed by atoms with van der Waals surface area (Å²) in [4.78, 5) is 11.0. The number of nitrogens with one attached hydrogen (secondary N) is 1. The maximum atomic E-state index is 12.6. The SMILES string of the molecule is O=C1N[C@H](c2cc(C(F)(F)F)ccc2Cl)CCO1. The number of hydrogen-bond acceptors (Lipinski definition) is 2. The molecule has 2 rings (SSSR count). The second-order valence-electron chi connectivity index (χ2n) is 3.86. The second-order valence-corrected chi connectivity index (χ2v) is 4.26. The molecule has 1 aromatic carbocycles. The summed E-state index contributed by atoms with van der Waals surface area (Å²) in [7, 11) is 0. The zero-order valence-electron chi connectivity index (χ0n) is 9.05. The molecule has 1 atom stereocenters. The largest absolute Gasteiger partial charge is 0.449 e. The van der Waals surface area contributed by atoms with Gasteiger partial charge in [-0.3, -0.25) is 0 Å². The first-order chi connectivity index (χ1) is 8.38. The van der Waals surface area contributed by atoms with E-state index in [1.165, 1.54) is 6.07 Å². The van der Waals surface area contributed by atoms with E-state index in [2.05, 4.69) is 10.1 Å². The van der Waals surface area contributed by atoms with Crippen LogP contribution in [0.25, 0.3) is 0 Å². The molecule has 18 heavy (non-hydrogen) atoms. The van der Waals surface area contributed by atoms with E-state index in [4.69, 9.17) is 11.6 Å². The van der Waals surface area contributed by atoms with Crippen molar-refractivity contribution in [2.75, 3.05) is 6.61 Å². The minimum atomic E-state index is -4.44. The van der Waals surface area contributed by atoms with E-state index in [0.29, 0.717) is 6.42 Å². The minimum absolute atomic E-state index is 0.156. The number of carbonyl (C=O) groups is 1. The van der Waals surface area contributed by atoms with Crippen LogP contribution >= 0.6 is 11.6 Å². The van der Waals surface area contributed by atoms with E-state index >= 15 is 0 Å². The molecule has 1 fully saturated rings. The Morgan fingerprint density at radius 1 is 1.39 bits per heavy atom. The molecular weight excluding hydrogens is 271 g/mol. The highest BCUT2D eigenvalue weighted by molar-refractivity contribution is 6.31. The molecule has 0 unspecified atom stereocenters. The van der Waals surface area contributed by atoms with E-state index in [0.717, 1.165) is 12.1 Å². The number of rotatable bonds is 1. The van der Waals surface area contributed by atoms with Crippen LogP contribution < -0.4 is 5.32 Å². The van der Waals surface area contributed by atoms with Crippen molar-refractivity contribution < 1.29 is 22.7 Å². The van der Waals surface area contributed by atoms with Crippen LogP contribution in [0.5, 0.6) is 0 Å². The van der Waals surface area contributed by atoms with E-state index in [9.17, 15) is 18.0 Å². The highest BCUT2D eigenvalue weighted by Crippen LogP contribution is 2.35. The lowest BCUT2D eigenvalue weighted by Crippen LogP contribution is -2.35. The number of cyclic esters (lactones) is 1. The third-order valence-corrected chi connectivity index (χ3v) is 2.97. The van der Waals surface area contributed by atoms with Crippen molar-refractivity contribution in [3.63, 3.8) is 0 Å². The highest BCUT2D eigenvalue weighted by Gasteiger charge is 2.32. The van der Waals surface area contributed by atoms with Gasteiger partial charge in [-0.15, -0.1) is 0 Å². The summed E-state index contributed by atoms with van der Waals surface area (Å²) >= 11 is 5.87. The molecule has 0 bridgehead atoms. The van der Waals surface area contributed by atoms with Crippen molar-refractivity contribution in [3.8, 4) is 0 Å². The van der Waals surface area contributed by atoms with Gasteiger partial charge in [0.05, 0.1) is 18.2 Å². The van der Waals surface area contributed by atoms with Crippen LogP contribution in [0.2, 0.25) is 5.02 Å². The summed E-state index contributed by atoms with van der Waals surface area (Å²) in [5, 5.41) is 2.63. The van der Waals surface area contributed by atoms with Gasteiger partial charge >= 0.3 is 12.3 Å². The lowest BCUT2D eigenvalue weighted by molar-refractivity contribution is -0.137. The monoisotopic (exact) mass is 279 g/mol. The maximum Gasteiger partial charge on any atom is 0.416 e. The van der Waals surface area contributed by atoms with Crippen LogP contribution in [-0.2, 0) is 10.9 Å². The van der Waals surface area contributed by atoms with Crippen LogP contribution in [0.3, 0.4) is 0 Å². The van der Waals surface area contributed by atoms with E-state index in [1.807, 2.05) is 0 Å². The van der Waals surface area contributed by atoms with E-state index in [1.54, 1.807) is 0 Å². The topological polar surface area (TPSA) is 38.3 Å². The van der Waals surface area contributed by atoms with Gasteiger partial charge in [0.1, 0.15) is 0 Å². The first kappa shape index (κ1) is 13.0. The predicted molar refractivity (Wildman–Crippen MR) is 58.3 cm³/mol. The Balaban J connectivity index is 2.34. The molecule has 1 aliphatic heterocycles. The van der Waals surface area contributed by atoms with Crippen LogP contribution in [0.15, 0.2) is 18.2 Å². The average Bonchev–Trinajstić information content (AvgIpc) is 2.28. The number of alkyl halides is 3. The predicted octanol–water partition coefficient (Wildman–Crippen LogP) is 3.53. The molecule has 0 aromatic heterocycles. The Labute approximate surface area is 106 Å². The number of halogens is 4. The first-order valence-corrected chi connectivity index (χ1v) is 5.55. The fraction of sp³-hybridized carbons (Fsp3) is 0.364. The third kappa shape index (κ3) is 2.69. The van der Waals surface area contributed by atoms with Crippen molar-refractivity contribution in [1.82, 2.24) is 5.32 Å². The molecule has 1 amide bonds. The fourth-order valence-electron chi connectivity index (χ4n) is 1.75. The minimum Gasteiger partial charge on any atom is -0.449 e. The number of hydrogen-bond donors (Lipinski definition) is 1. The van der Waals surface area contributed by atoms with Gasteiger partial charge in [0, 0.05) is 11.4 Å². The first-order valence-electron chi connectivity index (χ1n) is 5.18. The van der Waals surface area contributed by atoms with Gasteiger partial charge in [-0.05, 0) is 23.8 Å². The maximum absolute atomic E-state index is 12.6. The van der Waals surface area contributed by atoms with E-state index in [-0.39, 0.29) is 17.2 Å². The molecule has 1 aliphatic rings. The summed E-state index contributed by atoms with van der Waals surface area (Å²) in [6.45, 7) is 0.156. The Morgan fingerprint density at radius 3 is 2.72 bits per heavy atom. The Morgan fingerprint density at radius 2 is 2.11 bits per heavy atom. The zero-order chi connectivity index (χ0) is 13.3. The molecule has 3 nitrogen and oxygen atoms in total. The van der Waals surface area contributed by atoms with Gasteiger partial charge in [-0.1, -0.05) is 11.6 Å². The number of carbonyl (C=O) groups excluding carboxylic acids is 1. The molecule has 1 aromatic rings. The van der Waals surface area contributed by atoms with Gasteiger partial charge in [0.25, 0.3) is 0 Å². The molecule has 1 N–H and O–H groups in total. The molecule has 1 saturated heterocycles. The molecule has 0 saturated carbocycles. The van der Waals surface area contributed by atoms with Crippen LogP contribution in [0.1, 0.15) is 23.6 Å². The van der Waals surface area contributed by atoms with Gasteiger partial charge in [0.15, 0.2) is 0 Å². The van der Waals surface area contributed by atoms with Gasteiger partial charge < -0.3 is 10.1 Å². The highest BCUT2D eigenvalue weighted by atomic mass is 35.5. The average molecular weight is 280 g/mol. The molecule has 7 heteroatoms. The van der Waals surface area contributed by atoms with Gasteiger partial charge in [-0.25, -0.2) is 4.79 Å². The van der Waals surface area contributed by atoms with Crippen LogP contribution in [-0.4, -0.2) is 12.7 Å². The normalized spacial score (nSPS) is 20.2. The summed E-state index contributed by atoms with van der Waals surface area (Å²) < 4.78 is 42.4. The van der Waals surface area contributed by atoms with Gasteiger partial charge in [0.2, 0.25) is 0 Å². The molecule has 0 radical (unpaired) electrons. The second kappa shape index (κ2) is 4.68. The Bertz CT molecular complexity index is 476. The lowest BCUT2D eigenvalue weighted by atomic mass is 10.0. The lowest BCUT2D eigenvalue weighted by Gasteiger charge is -2.25. The summed E-state index contributed by atoms with van der Waals surface area (Å²) in [5.74, 6) is 0. The summed E-state index contributed by atoms with van der Waals surface area (Å²) in [6, 6.07) is 2.49. The van der Waals surface area contributed by atoms with Crippen molar-refractivity contribution in [2.24, 2.45) is 0 Å². The summed E-state index contributed by atoms with van der Waals surface area (Å²) in [5.41, 5.74) is -0.536. The van der Waals surface area contributed by atoms with Crippen molar-refractivity contribution >= 4 is 17.7 Å². The van der Waals surface area contributed by atoms with Crippen LogP contribution in [0, 0.1) is 0 Å². The van der Waals surface area contributed by atoms with E-state index < -0.39 is 23.9 Å². The standard InChI is InChI=1S/C11H9ClF3NO2/c12-8-2-1-6(11(13,14)15)5-7(8)9-3-4-18-10(17)16-9/h1-2,5,9H,3-4H2,(H,16,17)/t9-/m0/s1. The van der Waals surface area contributed by atoms with Crippen molar-refractivity contribution in [1.29, 1.82) is 0 Å². The molecule has 1 heterocycles. The molecule has 0 spiro atoms. The molecule has 0 aliphatic carbocycles. The number of ether oxygens (including phenoxy) is 1. The third-order valence-electron chi connectivity index (χ3n) is 2.63. The van der Waals surface area contributed by atoms with Crippen molar-refractivity contribution in [3.05, 3.63) is 34.3 Å². The smallest absolute Gasteiger partial charge is 0.416 e. The Kier molecular flexibility index (Phi) is 3.38.